The second kappa shape index (κ2) is 10.1. The number of anilines is 1. The summed E-state index contributed by atoms with van der Waals surface area (Å²) in [7, 11) is 0. The molecule has 0 amide bonds. The van der Waals surface area contributed by atoms with E-state index in [0.717, 1.165) is 51.9 Å². The lowest BCUT2D eigenvalue weighted by Gasteiger charge is -2.38. The summed E-state index contributed by atoms with van der Waals surface area (Å²) < 4.78 is 26.2. The first-order chi connectivity index (χ1) is 14.0. The van der Waals surface area contributed by atoms with Crippen LogP contribution in [0.25, 0.3) is 11.5 Å². The molecule has 0 aliphatic carbocycles. The van der Waals surface area contributed by atoms with Crippen LogP contribution in [0.15, 0.2) is 22.7 Å². The topological polar surface area (TPSA) is 54.6 Å². The molecule has 1 aromatic carbocycles. The van der Waals surface area contributed by atoms with E-state index in [1.807, 2.05) is 12.1 Å². The quantitative estimate of drug-likeness (QED) is 0.686. The summed E-state index contributed by atoms with van der Waals surface area (Å²) in [6.07, 6.45) is 4.76. The molecule has 1 aromatic heterocycles. The highest BCUT2D eigenvalue weighted by Gasteiger charge is 2.27. The van der Waals surface area contributed by atoms with Crippen molar-refractivity contribution in [1.82, 2.24) is 15.0 Å². The van der Waals surface area contributed by atoms with Crippen LogP contribution in [0.3, 0.4) is 0 Å². The van der Waals surface area contributed by atoms with Gasteiger partial charge in [-0.25, -0.2) is 4.39 Å². The molecule has 2 aliphatic heterocycles. The molecule has 8 heteroatoms. The van der Waals surface area contributed by atoms with E-state index in [1.54, 1.807) is 6.92 Å². The first-order valence-corrected chi connectivity index (χ1v) is 10.7. The Bertz CT molecular complexity index is 815. The van der Waals surface area contributed by atoms with Gasteiger partial charge in [0.15, 0.2) is 5.82 Å². The molecule has 4 rings (SSSR count). The van der Waals surface area contributed by atoms with E-state index in [4.69, 9.17) is 9.26 Å². The predicted octanol–water partition coefficient (Wildman–Crippen LogP) is 4.46. The van der Waals surface area contributed by atoms with Crippen LogP contribution in [0.5, 0.6) is 0 Å². The Hall–Kier alpha value is -1.70. The Kier molecular flexibility index (Phi) is 7.71. The van der Waals surface area contributed by atoms with Crippen molar-refractivity contribution < 1.29 is 13.7 Å². The summed E-state index contributed by atoms with van der Waals surface area (Å²) in [6, 6.07) is 5.75. The van der Waals surface area contributed by atoms with Gasteiger partial charge in [-0.2, -0.15) is 4.98 Å². The van der Waals surface area contributed by atoms with Crippen LogP contribution < -0.4 is 4.90 Å². The van der Waals surface area contributed by atoms with Gasteiger partial charge in [0, 0.05) is 37.8 Å². The van der Waals surface area contributed by atoms with E-state index in [2.05, 4.69) is 33.8 Å². The standard InChI is InChI=1S/C22H31FN4O2.ClH/c1-15(2)26-10-6-18(7-11-26)28-19-8-12-27(13-9-19)21-5-4-17(14-20(21)23)22-24-16(3)25-29-22;/h4-5,14-15,18-19H,6-13H2,1-3H3;1H. The molecule has 6 nitrogen and oxygen atoms in total. The van der Waals surface area contributed by atoms with E-state index in [0.29, 0.717) is 35.1 Å². The summed E-state index contributed by atoms with van der Waals surface area (Å²) in [6.45, 7) is 10.1. The van der Waals surface area contributed by atoms with Crippen LogP contribution in [0.1, 0.15) is 45.4 Å². The first kappa shape index (κ1) is 23.0. The Morgan fingerprint density at radius 1 is 1.07 bits per heavy atom. The highest BCUT2D eigenvalue weighted by molar-refractivity contribution is 5.85. The van der Waals surface area contributed by atoms with Gasteiger partial charge in [0.25, 0.3) is 5.89 Å². The van der Waals surface area contributed by atoms with Gasteiger partial charge >= 0.3 is 0 Å². The second-order valence-corrected chi connectivity index (χ2v) is 8.46. The van der Waals surface area contributed by atoms with Crippen LogP contribution >= 0.6 is 12.4 Å². The van der Waals surface area contributed by atoms with E-state index in [9.17, 15) is 4.39 Å². The first-order valence-electron chi connectivity index (χ1n) is 10.7. The monoisotopic (exact) mass is 438 g/mol. The Morgan fingerprint density at radius 2 is 1.70 bits per heavy atom. The fourth-order valence-corrected chi connectivity index (χ4v) is 4.34. The second-order valence-electron chi connectivity index (χ2n) is 8.46. The summed E-state index contributed by atoms with van der Waals surface area (Å²) in [5.41, 5.74) is 1.24. The zero-order valence-electron chi connectivity index (χ0n) is 18.0. The average molecular weight is 439 g/mol. The number of aromatic nitrogens is 2. The van der Waals surface area contributed by atoms with Crippen LogP contribution in [0, 0.1) is 12.7 Å². The zero-order chi connectivity index (χ0) is 20.4. The lowest BCUT2D eigenvalue weighted by molar-refractivity contribution is -0.0540. The highest BCUT2D eigenvalue weighted by atomic mass is 35.5. The number of halogens is 2. The van der Waals surface area contributed by atoms with Crippen LogP contribution in [0.4, 0.5) is 10.1 Å². The molecule has 2 aliphatic rings. The molecular weight excluding hydrogens is 407 g/mol. The van der Waals surface area contributed by atoms with Crippen molar-refractivity contribution in [2.24, 2.45) is 0 Å². The highest BCUT2D eigenvalue weighted by Crippen LogP contribution is 2.29. The number of piperidine rings is 2. The van der Waals surface area contributed by atoms with Gasteiger partial charge in [-0.3, -0.25) is 0 Å². The molecule has 0 unspecified atom stereocenters. The number of benzene rings is 1. The Balaban J connectivity index is 0.00000256. The number of hydrogen-bond donors (Lipinski definition) is 0. The Morgan fingerprint density at radius 3 is 2.23 bits per heavy atom. The molecule has 0 atom stereocenters. The Labute approximate surface area is 184 Å². The van der Waals surface area contributed by atoms with Gasteiger partial charge in [-0.05, 0) is 64.7 Å². The van der Waals surface area contributed by atoms with Gasteiger partial charge < -0.3 is 19.1 Å². The van der Waals surface area contributed by atoms with Crippen molar-refractivity contribution >= 4 is 18.1 Å². The molecule has 0 saturated carbocycles. The molecule has 0 bridgehead atoms. The molecule has 0 spiro atoms. The van der Waals surface area contributed by atoms with E-state index in [-0.39, 0.29) is 24.3 Å². The molecule has 30 heavy (non-hydrogen) atoms. The molecular formula is C22H32ClFN4O2. The van der Waals surface area contributed by atoms with Crippen molar-refractivity contribution in [3.05, 3.63) is 29.8 Å². The number of rotatable bonds is 5. The van der Waals surface area contributed by atoms with E-state index >= 15 is 0 Å². The molecule has 166 valence electrons. The zero-order valence-corrected chi connectivity index (χ0v) is 18.8. The lowest BCUT2D eigenvalue weighted by Crippen LogP contribution is -2.44. The van der Waals surface area contributed by atoms with Crippen LogP contribution in [-0.2, 0) is 4.74 Å². The third-order valence-corrected chi connectivity index (χ3v) is 6.10. The smallest absolute Gasteiger partial charge is 0.258 e. The van der Waals surface area contributed by atoms with Crippen LogP contribution in [0.2, 0.25) is 0 Å². The average Bonchev–Trinajstić information content (AvgIpc) is 3.15. The number of aryl methyl sites for hydroxylation is 1. The molecule has 2 aromatic rings. The largest absolute Gasteiger partial charge is 0.375 e. The third-order valence-electron chi connectivity index (χ3n) is 6.10. The lowest BCUT2D eigenvalue weighted by atomic mass is 10.0. The predicted molar refractivity (Wildman–Crippen MR) is 118 cm³/mol. The maximum atomic E-state index is 14.7. The normalized spacial score (nSPS) is 19.3. The van der Waals surface area contributed by atoms with Crippen molar-refractivity contribution in [1.29, 1.82) is 0 Å². The fourth-order valence-electron chi connectivity index (χ4n) is 4.34. The number of likely N-dealkylation sites (tertiary alicyclic amines) is 1. The van der Waals surface area contributed by atoms with Gasteiger partial charge in [0.1, 0.15) is 5.82 Å². The van der Waals surface area contributed by atoms with E-state index < -0.39 is 0 Å². The minimum Gasteiger partial charge on any atom is -0.375 e. The SMILES string of the molecule is Cc1noc(-c2ccc(N3CCC(OC4CCN(C(C)C)CC4)CC3)c(F)c2)n1.Cl. The number of hydrogen-bond acceptors (Lipinski definition) is 6. The van der Waals surface area contributed by atoms with E-state index in [1.165, 1.54) is 6.07 Å². The summed E-state index contributed by atoms with van der Waals surface area (Å²) in [4.78, 5) is 8.80. The van der Waals surface area contributed by atoms with Crippen molar-refractivity contribution in [3.63, 3.8) is 0 Å². The van der Waals surface area contributed by atoms with Crippen LogP contribution in [-0.4, -0.2) is 59.5 Å². The maximum Gasteiger partial charge on any atom is 0.258 e. The van der Waals surface area contributed by atoms with Crippen molar-refractivity contribution in [3.8, 4) is 11.5 Å². The number of ether oxygens (including phenoxy) is 1. The fraction of sp³-hybridized carbons (Fsp3) is 0.636. The van der Waals surface area contributed by atoms with Crippen molar-refractivity contribution in [2.45, 2.75) is 64.7 Å². The molecule has 2 fully saturated rings. The minimum absolute atomic E-state index is 0. The number of nitrogens with zero attached hydrogens (tertiary/aromatic N) is 4. The molecule has 0 N–H and O–H groups in total. The summed E-state index contributed by atoms with van der Waals surface area (Å²) in [5, 5.41) is 3.77. The molecule has 2 saturated heterocycles. The molecule has 3 heterocycles. The third kappa shape index (κ3) is 5.31. The maximum absolute atomic E-state index is 14.7. The van der Waals surface area contributed by atoms with Crippen molar-refractivity contribution in [2.75, 3.05) is 31.1 Å². The summed E-state index contributed by atoms with van der Waals surface area (Å²) >= 11 is 0. The van der Waals surface area contributed by atoms with Gasteiger partial charge in [0.05, 0.1) is 17.9 Å². The molecule has 0 radical (unpaired) electrons. The van der Waals surface area contributed by atoms with Gasteiger partial charge in [0.2, 0.25) is 0 Å². The minimum atomic E-state index is -0.251. The summed E-state index contributed by atoms with van der Waals surface area (Å²) in [5.74, 6) is 0.642. The van der Waals surface area contributed by atoms with Gasteiger partial charge in [-0.15, -0.1) is 12.4 Å². The van der Waals surface area contributed by atoms with Gasteiger partial charge in [-0.1, -0.05) is 5.16 Å².